The number of anilines is 3. The molecule has 10 heteroatoms. The maximum Gasteiger partial charge on any atom is 0.573 e. The Bertz CT molecular complexity index is 1220. The van der Waals surface area contributed by atoms with E-state index in [2.05, 4.69) is 25.3 Å². The molecule has 31 heavy (non-hydrogen) atoms. The number of aryl methyl sites for hydroxylation is 1. The van der Waals surface area contributed by atoms with Crippen LogP contribution in [0.4, 0.5) is 35.0 Å². The smallest absolute Gasteiger partial charge is 0.406 e. The van der Waals surface area contributed by atoms with Crippen molar-refractivity contribution in [2.24, 2.45) is 7.05 Å². The molecular weight excluding hydrogens is 414 g/mol. The SMILES string of the molecule is Cn1c(NCc2ccccc2F)nc2cnc(Nc3cccc(OC(F)(F)F)c3)cc21. The summed E-state index contributed by atoms with van der Waals surface area (Å²) in [4.78, 5) is 8.71. The fourth-order valence-electron chi connectivity index (χ4n) is 3.06. The number of fused-ring (bicyclic) bond motifs is 1. The zero-order valence-corrected chi connectivity index (χ0v) is 16.2. The molecule has 160 valence electrons. The molecule has 4 rings (SSSR count). The van der Waals surface area contributed by atoms with Crippen molar-refractivity contribution < 1.29 is 22.3 Å². The molecule has 6 nitrogen and oxygen atoms in total. The van der Waals surface area contributed by atoms with E-state index in [-0.39, 0.29) is 18.1 Å². The van der Waals surface area contributed by atoms with Gasteiger partial charge in [-0.25, -0.2) is 14.4 Å². The highest BCUT2D eigenvalue weighted by atomic mass is 19.4. The second-order valence-corrected chi connectivity index (χ2v) is 6.70. The van der Waals surface area contributed by atoms with Gasteiger partial charge in [-0.05, 0) is 18.2 Å². The summed E-state index contributed by atoms with van der Waals surface area (Å²) in [6.45, 7) is 0.258. The van der Waals surface area contributed by atoms with Crippen LogP contribution in [0.25, 0.3) is 11.0 Å². The molecule has 2 heterocycles. The van der Waals surface area contributed by atoms with Crippen molar-refractivity contribution >= 4 is 28.5 Å². The van der Waals surface area contributed by atoms with Crippen LogP contribution < -0.4 is 15.4 Å². The summed E-state index contributed by atoms with van der Waals surface area (Å²) in [5.41, 5.74) is 2.24. The Balaban J connectivity index is 1.53. The second-order valence-electron chi connectivity index (χ2n) is 6.70. The Morgan fingerprint density at radius 2 is 1.87 bits per heavy atom. The molecule has 4 aromatic rings. The van der Waals surface area contributed by atoms with Crippen LogP contribution in [0.3, 0.4) is 0 Å². The van der Waals surface area contributed by atoms with Gasteiger partial charge in [0.15, 0.2) is 0 Å². The molecule has 0 spiro atoms. The van der Waals surface area contributed by atoms with Crippen LogP contribution in [0.15, 0.2) is 60.8 Å². The molecule has 0 atom stereocenters. The summed E-state index contributed by atoms with van der Waals surface area (Å²) in [6, 6.07) is 13.6. The highest BCUT2D eigenvalue weighted by Crippen LogP contribution is 2.27. The lowest BCUT2D eigenvalue weighted by molar-refractivity contribution is -0.274. The Morgan fingerprint density at radius 1 is 1.06 bits per heavy atom. The summed E-state index contributed by atoms with van der Waals surface area (Å²) in [6.07, 6.45) is -3.22. The monoisotopic (exact) mass is 431 g/mol. The van der Waals surface area contributed by atoms with Crippen LogP contribution in [0.1, 0.15) is 5.56 Å². The topological polar surface area (TPSA) is 64.0 Å². The van der Waals surface area contributed by atoms with Crippen molar-refractivity contribution in [1.29, 1.82) is 0 Å². The molecule has 0 aliphatic rings. The average molecular weight is 431 g/mol. The summed E-state index contributed by atoms with van der Waals surface area (Å²) in [5, 5.41) is 6.05. The van der Waals surface area contributed by atoms with E-state index in [1.54, 1.807) is 48.1 Å². The molecule has 0 fully saturated rings. The van der Waals surface area contributed by atoms with E-state index in [1.165, 1.54) is 24.3 Å². The van der Waals surface area contributed by atoms with Crippen molar-refractivity contribution in [2.75, 3.05) is 10.6 Å². The zero-order valence-electron chi connectivity index (χ0n) is 16.2. The van der Waals surface area contributed by atoms with Crippen LogP contribution in [-0.4, -0.2) is 20.9 Å². The standard InChI is InChI=1S/C21H17F4N5O/c1-30-18-10-19(28-14-6-4-7-15(9-14)31-21(23,24)25)26-12-17(18)29-20(30)27-11-13-5-2-3-8-16(13)22/h2-10,12H,11H2,1H3,(H,26,28)(H,27,29). The number of nitrogens with zero attached hydrogens (tertiary/aromatic N) is 3. The van der Waals surface area contributed by atoms with Gasteiger partial charge in [0.1, 0.15) is 22.9 Å². The lowest BCUT2D eigenvalue weighted by Crippen LogP contribution is -2.17. The van der Waals surface area contributed by atoms with Crippen molar-refractivity contribution in [3.8, 4) is 5.75 Å². The third-order valence-electron chi connectivity index (χ3n) is 4.50. The van der Waals surface area contributed by atoms with Gasteiger partial charge < -0.3 is 19.9 Å². The minimum absolute atomic E-state index is 0.258. The van der Waals surface area contributed by atoms with Crippen molar-refractivity contribution in [3.63, 3.8) is 0 Å². The van der Waals surface area contributed by atoms with Gasteiger partial charge in [0.05, 0.1) is 11.7 Å². The summed E-state index contributed by atoms with van der Waals surface area (Å²) < 4.78 is 56.8. The number of rotatable bonds is 6. The highest BCUT2D eigenvalue weighted by Gasteiger charge is 2.31. The Morgan fingerprint density at radius 3 is 2.65 bits per heavy atom. The van der Waals surface area contributed by atoms with Gasteiger partial charge in [-0.3, -0.25) is 0 Å². The number of benzene rings is 2. The molecule has 2 aromatic carbocycles. The van der Waals surface area contributed by atoms with E-state index in [0.717, 1.165) is 5.52 Å². The minimum Gasteiger partial charge on any atom is -0.406 e. The Hall–Kier alpha value is -3.82. The number of alkyl halides is 3. The highest BCUT2D eigenvalue weighted by molar-refractivity contribution is 5.81. The summed E-state index contributed by atoms with van der Waals surface area (Å²) in [5.74, 6) is 0.301. The van der Waals surface area contributed by atoms with Gasteiger partial charge in [0.25, 0.3) is 0 Å². The molecule has 0 amide bonds. The first kappa shape index (κ1) is 20.5. The van der Waals surface area contributed by atoms with E-state index >= 15 is 0 Å². The van der Waals surface area contributed by atoms with Crippen LogP contribution >= 0.6 is 0 Å². The number of hydrogen-bond acceptors (Lipinski definition) is 5. The summed E-state index contributed by atoms with van der Waals surface area (Å²) >= 11 is 0. The lowest BCUT2D eigenvalue weighted by atomic mass is 10.2. The van der Waals surface area contributed by atoms with Crippen molar-refractivity contribution in [3.05, 3.63) is 72.2 Å². The molecule has 0 aliphatic heterocycles. The number of ether oxygens (including phenoxy) is 1. The minimum atomic E-state index is -4.77. The van der Waals surface area contributed by atoms with Gasteiger partial charge in [-0.15, -0.1) is 13.2 Å². The fraction of sp³-hybridized carbons (Fsp3) is 0.143. The van der Waals surface area contributed by atoms with Crippen molar-refractivity contribution in [1.82, 2.24) is 14.5 Å². The first-order valence-electron chi connectivity index (χ1n) is 9.21. The number of pyridine rings is 1. The fourth-order valence-corrected chi connectivity index (χ4v) is 3.06. The first-order valence-corrected chi connectivity index (χ1v) is 9.21. The molecule has 0 unspecified atom stereocenters. The maximum atomic E-state index is 13.8. The van der Waals surface area contributed by atoms with Crippen LogP contribution in [0, 0.1) is 5.82 Å². The van der Waals surface area contributed by atoms with Gasteiger partial charge >= 0.3 is 6.36 Å². The van der Waals surface area contributed by atoms with Gasteiger partial charge in [-0.1, -0.05) is 24.3 Å². The molecule has 0 aliphatic carbocycles. The molecule has 0 bridgehead atoms. The maximum absolute atomic E-state index is 13.8. The van der Waals surface area contributed by atoms with E-state index in [9.17, 15) is 17.6 Å². The van der Waals surface area contributed by atoms with E-state index in [0.29, 0.717) is 28.5 Å². The van der Waals surface area contributed by atoms with Crippen molar-refractivity contribution in [2.45, 2.75) is 12.9 Å². The molecule has 0 saturated carbocycles. The molecule has 0 saturated heterocycles. The third kappa shape index (κ3) is 4.85. The number of hydrogen-bond donors (Lipinski definition) is 2. The largest absolute Gasteiger partial charge is 0.573 e. The van der Waals surface area contributed by atoms with E-state index in [4.69, 9.17) is 0 Å². The third-order valence-corrected chi connectivity index (χ3v) is 4.50. The molecule has 0 radical (unpaired) electrons. The number of aromatic nitrogens is 3. The quantitative estimate of drug-likeness (QED) is 0.403. The van der Waals surface area contributed by atoms with Crippen LogP contribution in [0.2, 0.25) is 0 Å². The van der Waals surface area contributed by atoms with Gasteiger partial charge in [0, 0.05) is 37.0 Å². The van der Waals surface area contributed by atoms with Crippen LogP contribution in [0.5, 0.6) is 5.75 Å². The average Bonchev–Trinajstić information content (AvgIpc) is 3.02. The Kier molecular flexibility index (Phi) is 5.37. The van der Waals surface area contributed by atoms with E-state index in [1.807, 2.05) is 0 Å². The molecular formula is C21H17F4N5O. The zero-order chi connectivity index (χ0) is 22.0. The van der Waals surface area contributed by atoms with Crippen LogP contribution in [-0.2, 0) is 13.6 Å². The first-order chi connectivity index (χ1) is 14.8. The lowest BCUT2D eigenvalue weighted by Gasteiger charge is -2.11. The predicted molar refractivity (Wildman–Crippen MR) is 109 cm³/mol. The molecule has 2 N–H and O–H groups in total. The normalized spacial score (nSPS) is 11.5. The summed E-state index contributed by atoms with van der Waals surface area (Å²) in [7, 11) is 1.79. The number of nitrogens with one attached hydrogen (secondary N) is 2. The Labute approximate surface area is 174 Å². The number of halogens is 4. The second kappa shape index (κ2) is 8.13. The molecule has 2 aromatic heterocycles. The van der Waals surface area contributed by atoms with Gasteiger partial charge in [0.2, 0.25) is 5.95 Å². The predicted octanol–water partition coefficient (Wildman–Crippen LogP) is 5.36. The number of imidazole rings is 1. The van der Waals surface area contributed by atoms with E-state index < -0.39 is 6.36 Å². The van der Waals surface area contributed by atoms with Gasteiger partial charge in [-0.2, -0.15) is 0 Å².